The van der Waals surface area contributed by atoms with Crippen molar-refractivity contribution < 1.29 is 19.1 Å². The molecule has 0 aliphatic carbocycles. The molecule has 1 aliphatic rings. The highest BCUT2D eigenvalue weighted by atomic mass is 32.2. The van der Waals surface area contributed by atoms with Gasteiger partial charge in [0.15, 0.2) is 12.4 Å². The minimum atomic E-state index is -0.587. The lowest BCUT2D eigenvalue weighted by molar-refractivity contribution is -0.113. The molecule has 0 fully saturated rings. The number of thioether (sulfide) groups is 1. The molecule has 0 atom stereocenters. The van der Waals surface area contributed by atoms with Gasteiger partial charge in [-0.3, -0.25) is 9.59 Å². The topological polar surface area (TPSA) is 72.5 Å². The highest BCUT2D eigenvalue weighted by Crippen LogP contribution is 2.32. The standard InChI is InChI=1S/C21H21NO4S/c1-2-3-4-14-5-7-15(8-6-14)18(23)12-26-21(25)16-9-10-19-17(11-16)22-20(24)13-27-19/h5-11H,2-4,12-13H2,1H3,(H,22,24). The van der Waals surface area contributed by atoms with E-state index in [1.165, 1.54) is 17.3 Å². The van der Waals surface area contributed by atoms with Crippen LogP contribution in [0.2, 0.25) is 0 Å². The number of ketones is 1. The minimum Gasteiger partial charge on any atom is -0.454 e. The average Bonchev–Trinajstić information content (AvgIpc) is 2.70. The first kappa shape index (κ1) is 19.2. The molecule has 1 heterocycles. The maximum absolute atomic E-state index is 12.2. The van der Waals surface area contributed by atoms with Gasteiger partial charge in [-0.25, -0.2) is 4.79 Å². The molecule has 6 heteroatoms. The molecular formula is C21H21NO4S. The van der Waals surface area contributed by atoms with Crippen molar-refractivity contribution in [3.05, 3.63) is 59.2 Å². The van der Waals surface area contributed by atoms with Crippen molar-refractivity contribution in [3.63, 3.8) is 0 Å². The van der Waals surface area contributed by atoms with Crippen molar-refractivity contribution in [1.82, 2.24) is 0 Å². The fourth-order valence-corrected chi connectivity index (χ4v) is 3.53. The Morgan fingerprint density at radius 1 is 1.11 bits per heavy atom. The number of esters is 1. The highest BCUT2D eigenvalue weighted by Gasteiger charge is 2.18. The van der Waals surface area contributed by atoms with Gasteiger partial charge in [0.1, 0.15) is 0 Å². The van der Waals surface area contributed by atoms with E-state index in [9.17, 15) is 14.4 Å². The van der Waals surface area contributed by atoms with Crippen LogP contribution in [0.3, 0.4) is 0 Å². The number of ether oxygens (including phenoxy) is 1. The number of hydrogen-bond donors (Lipinski definition) is 1. The van der Waals surface area contributed by atoms with Crippen molar-refractivity contribution in [2.24, 2.45) is 0 Å². The molecule has 5 nitrogen and oxygen atoms in total. The van der Waals surface area contributed by atoms with Crippen molar-refractivity contribution >= 4 is 35.1 Å². The van der Waals surface area contributed by atoms with E-state index in [-0.39, 0.29) is 18.3 Å². The Hall–Kier alpha value is -2.60. The summed E-state index contributed by atoms with van der Waals surface area (Å²) >= 11 is 1.42. The number of fused-ring (bicyclic) bond motifs is 1. The summed E-state index contributed by atoms with van der Waals surface area (Å²) in [6, 6.07) is 12.4. The summed E-state index contributed by atoms with van der Waals surface area (Å²) < 4.78 is 5.15. The molecule has 0 aromatic heterocycles. The van der Waals surface area contributed by atoms with Crippen molar-refractivity contribution in [1.29, 1.82) is 0 Å². The Labute approximate surface area is 162 Å². The van der Waals surface area contributed by atoms with E-state index in [2.05, 4.69) is 12.2 Å². The number of anilines is 1. The Balaban J connectivity index is 1.58. The maximum Gasteiger partial charge on any atom is 0.338 e. The quantitative estimate of drug-likeness (QED) is 0.575. The summed E-state index contributed by atoms with van der Waals surface area (Å²) in [6.07, 6.45) is 3.24. The first-order valence-electron chi connectivity index (χ1n) is 8.93. The molecule has 0 bridgehead atoms. The third kappa shape index (κ3) is 4.98. The van der Waals surface area contributed by atoms with Crippen LogP contribution in [0.5, 0.6) is 0 Å². The number of hydrogen-bond acceptors (Lipinski definition) is 5. The molecule has 3 rings (SSSR count). The number of Topliss-reactive ketones (excluding diaryl/α,β-unsaturated/α-hetero) is 1. The van der Waals surface area contributed by atoms with Crippen LogP contribution in [0.4, 0.5) is 5.69 Å². The number of benzene rings is 2. The number of carbonyl (C=O) groups is 3. The fourth-order valence-electron chi connectivity index (χ4n) is 2.75. The zero-order valence-electron chi connectivity index (χ0n) is 15.1. The lowest BCUT2D eigenvalue weighted by Gasteiger charge is -2.16. The number of amides is 1. The van der Waals surface area contributed by atoms with Crippen LogP contribution in [0, 0.1) is 0 Å². The van der Waals surface area contributed by atoms with Gasteiger partial charge in [0.05, 0.1) is 17.0 Å². The third-order valence-electron chi connectivity index (χ3n) is 4.28. The van der Waals surface area contributed by atoms with Gasteiger partial charge in [-0.2, -0.15) is 0 Å². The second-order valence-corrected chi connectivity index (χ2v) is 7.36. The van der Waals surface area contributed by atoms with Crippen LogP contribution in [0.15, 0.2) is 47.4 Å². The molecule has 1 amide bonds. The van der Waals surface area contributed by atoms with Gasteiger partial charge in [-0.05, 0) is 36.6 Å². The Morgan fingerprint density at radius 3 is 2.59 bits per heavy atom. The van der Waals surface area contributed by atoms with Crippen molar-refractivity contribution in [2.45, 2.75) is 31.1 Å². The predicted molar refractivity (Wildman–Crippen MR) is 105 cm³/mol. The van der Waals surface area contributed by atoms with Crippen LogP contribution in [0.1, 0.15) is 46.0 Å². The largest absolute Gasteiger partial charge is 0.454 e. The molecule has 0 radical (unpaired) electrons. The first-order chi connectivity index (χ1) is 13.1. The molecule has 0 spiro atoms. The van der Waals surface area contributed by atoms with Gasteiger partial charge in [0, 0.05) is 10.5 Å². The molecule has 1 aliphatic heterocycles. The van der Waals surface area contributed by atoms with Gasteiger partial charge in [0.25, 0.3) is 0 Å². The van der Waals surface area contributed by atoms with Crippen molar-refractivity contribution in [3.8, 4) is 0 Å². The molecule has 0 saturated heterocycles. The van der Waals surface area contributed by atoms with Crippen LogP contribution >= 0.6 is 11.8 Å². The highest BCUT2D eigenvalue weighted by molar-refractivity contribution is 8.00. The van der Waals surface area contributed by atoms with Gasteiger partial charge < -0.3 is 10.1 Å². The molecule has 2 aromatic rings. The smallest absolute Gasteiger partial charge is 0.338 e. The van der Waals surface area contributed by atoms with Crippen LogP contribution in [-0.4, -0.2) is 30.0 Å². The zero-order valence-corrected chi connectivity index (χ0v) is 15.9. The van der Waals surface area contributed by atoms with Gasteiger partial charge >= 0.3 is 5.97 Å². The maximum atomic E-state index is 12.2. The number of aryl methyl sites for hydroxylation is 1. The molecule has 0 unspecified atom stereocenters. The SMILES string of the molecule is CCCCc1ccc(C(=O)COC(=O)c2ccc3c(c2)NC(=O)CS3)cc1. The number of carbonyl (C=O) groups excluding carboxylic acids is 3. The van der Waals surface area contributed by atoms with Crippen LogP contribution < -0.4 is 5.32 Å². The lowest BCUT2D eigenvalue weighted by atomic mass is 10.0. The third-order valence-corrected chi connectivity index (χ3v) is 5.35. The molecule has 2 aromatic carbocycles. The normalized spacial score (nSPS) is 12.9. The fraction of sp³-hybridized carbons (Fsp3) is 0.286. The lowest BCUT2D eigenvalue weighted by Crippen LogP contribution is -2.19. The second-order valence-electron chi connectivity index (χ2n) is 6.35. The van der Waals surface area contributed by atoms with Crippen molar-refractivity contribution in [2.75, 3.05) is 17.7 Å². The van der Waals surface area contributed by atoms with Gasteiger partial charge in [-0.15, -0.1) is 11.8 Å². The molecular weight excluding hydrogens is 362 g/mol. The Bertz CT molecular complexity index is 861. The number of unbranched alkanes of at least 4 members (excludes halogenated alkanes) is 1. The number of rotatable bonds is 7. The van der Waals surface area contributed by atoms with E-state index < -0.39 is 5.97 Å². The van der Waals surface area contributed by atoms with Gasteiger partial charge in [0.2, 0.25) is 5.91 Å². The van der Waals surface area contributed by atoms with E-state index in [0.29, 0.717) is 22.6 Å². The Morgan fingerprint density at radius 2 is 1.85 bits per heavy atom. The second kappa shape index (κ2) is 8.86. The summed E-state index contributed by atoms with van der Waals surface area (Å²) in [4.78, 5) is 36.8. The summed E-state index contributed by atoms with van der Waals surface area (Å²) in [5.74, 6) is -0.568. The van der Waals surface area contributed by atoms with Crippen LogP contribution in [0.25, 0.3) is 0 Å². The molecule has 0 saturated carbocycles. The minimum absolute atomic E-state index is 0.101. The van der Waals surface area contributed by atoms with E-state index in [1.807, 2.05) is 12.1 Å². The predicted octanol–water partition coefficient (Wildman–Crippen LogP) is 4.11. The monoisotopic (exact) mass is 383 g/mol. The zero-order chi connectivity index (χ0) is 19.2. The van der Waals surface area contributed by atoms with E-state index in [1.54, 1.807) is 30.3 Å². The molecule has 27 heavy (non-hydrogen) atoms. The average molecular weight is 383 g/mol. The molecule has 1 N–H and O–H groups in total. The van der Waals surface area contributed by atoms with Crippen LogP contribution in [-0.2, 0) is 16.0 Å². The van der Waals surface area contributed by atoms with E-state index in [0.717, 1.165) is 24.2 Å². The summed E-state index contributed by atoms with van der Waals surface area (Å²) in [7, 11) is 0. The van der Waals surface area contributed by atoms with E-state index >= 15 is 0 Å². The summed E-state index contributed by atoms with van der Waals surface area (Å²) in [5, 5.41) is 2.73. The first-order valence-corrected chi connectivity index (χ1v) is 9.91. The molecule has 140 valence electrons. The summed E-state index contributed by atoms with van der Waals surface area (Å²) in [5.41, 5.74) is 2.62. The van der Waals surface area contributed by atoms with E-state index in [4.69, 9.17) is 4.74 Å². The van der Waals surface area contributed by atoms with Gasteiger partial charge in [-0.1, -0.05) is 37.6 Å². The Kier molecular flexibility index (Phi) is 6.29. The number of nitrogens with one attached hydrogen (secondary N) is 1. The summed E-state index contributed by atoms with van der Waals surface area (Å²) in [6.45, 7) is 1.83.